The van der Waals surface area contributed by atoms with Gasteiger partial charge in [0.1, 0.15) is 54.7 Å². The lowest BCUT2D eigenvalue weighted by Crippen LogP contribution is -2.55. The fraction of sp³-hybridized carbons (Fsp3) is 0.517. The summed E-state index contributed by atoms with van der Waals surface area (Å²) in [6.07, 6.45) is 2.37. The minimum Gasteiger partial charge on any atom is -0.462 e. The molecule has 654 valence electrons. The van der Waals surface area contributed by atoms with Gasteiger partial charge in [-0.05, 0) is 166 Å². The number of likely N-dealkylation sites (tertiary alicyclic amines) is 3. The van der Waals surface area contributed by atoms with Crippen molar-refractivity contribution < 1.29 is 68.1 Å². The molecule has 0 saturated carbocycles. The van der Waals surface area contributed by atoms with Crippen LogP contribution in [0.5, 0.6) is 18.0 Å². The Morgan fingerprint density at radius 3 is 1.18 bits per heavy atom. The number of hydrogen-bond acceptors (Lipinski definition) is 24. The first-order valence-corrected chi connectivity index (χ1v) is 41.6. The Morgan fingerprint density at radius 1 is 0.447 bits per heavy atom. The Labute approximate surface area is 709 Å². The SMILES string of the molecule is C=CC(=O)N1CCN(c2nc(OC[C@@H]3CCCN3C)nc3c2CCN(c2c(F)cccc2C(F)(F)F)C3)CC1CC#N.C=CC(=O)N1CCN(c2nc(OC[C@@H]3CCCN3C)nc3c2CCN(c2ccc(F)cc2C(F)(F)F)C3)CC1CC#N.C=CC(=O)N1CCN(c2nc(OC[C@@H]3CCCN3C)nc3c2CCN(c2cccc(F)c2C)C3)CC1CC#N. The van der Waals surface area contributed by atoms with Gasteiger partial charge in [0.05, 0.1) is 109 Å². The molecule has 9 aliphatic rings. The van der Waals surface area contributed by atoms with Gasteiger partial charge in [-0.2, -0.15) is 72.0 Å². The maximum Gasteiger partial charge on any atom is 0.418 e. The zero-order valence-electron chi connectivity index (χ0n) is 69.6. The zero-order valence-corrected chi connectivity index (χ0v) is 69.6. The second kappa shape index (κ2) is 39.3. The monoisotopic (exact) mass is 1710 g/mol. The molecule has 0 radical (unpaired) electrons. The van der Waals surface area contributed by atoms with Crippen LogP contribution in [0.25, 0.3) is 0 Å². The molecular weight excluding hydrogens is 1610 g/mol. The summed E-state index contributed by atoms with van der Waals surface area (Å²) in [6, 6.07) is 17.6. The molecule has 6 aromatic rings. The number of ether oxygens (including phenoxy) is 3. The molecule has 9 aliphatic heterocycles. The highest BCUT2D eigenvalue weighted by atomic mass is 19.4. The van der Waals surface area contributed by atoms with Gasteiger partial charge in [-0.15, -0.1) is 0 Å². The normalized spacial score (nSPS) is 21.3. The molecule has 3 aromatic heterocycles. The number of fused-ring (bicyclic) bond motifs is 3. The molecule has 123 heavy (non-hydrogen) atoms. The molecule has 27 nitrogen and oxygen atoms in total. The van der Waals surface area contributed by atoms with E-state index in [0.717, 1.165) is 122 Å². The summed E-state index contributed by atoms with van der Waals surface area (Å²) in [4.78, 5) is 88.7. The lowest BCUT2D eigenvalue weighted by atomic mass is 10.0. The quantitative estimate of drug-likeness (QED) is 0.0479. The smallest absolute Gasteiger partial charge is 0.418 e. The van der Waals surface area contributed by atoms with Crippen molar-refractivity contribution in [2.75, 3.05) is 169 Å². The molecule has 6 atom stereocenters. The molecule has 0 spiro atoms. The van der Waals surface area contributed by atoms with Gasteiger partial charge in [-0.1, -0.05) is 31.9 Å². The lowest BCUT2D eigenvalue weighted by molar-refractivity contribution is -0.138. The molecule has 3 amide bonds. The molecule has 6 fully saturated rings. The van der Waals surface area contributed by atoms with Crippen molar-refractivity contribution in [1.82, 2.24) is 59.3 Å². The van der Waals surface area contributed by atoms with Crippen molar-refractivity contribution in [3.63, 3.8) is 0 Å². The summed E-state index contributed by atoms with van der Waals surface area (Å²) >= 11 is 0. The van der Waals surface area contributed by atoms with E-state index in [4.69, 9.17) is 34.1 Å². The highest BCUT2D eigenvalue weighted by Crippen LogP contribution is 2.44. The van der Waals surface area contributed by atoms with Gasteiger partial charge < -0.3 is 73.0 Å². The predicted molar refractivity (Wildman–Crippen MR) is 442 cm³/mol. The fourth-order valence-corrected chi connectivity index (χ4v) is 18.0. The molecule has 0 aliphatic carbocycles. The number of anilines is 6. The van der Waals surface area contributed by atoms with E-state index in [1.165, 1.54) is 29.2 Å². The van der Waals surface area contributed by atoms with Crippen LogP contribution in [0.15, 0.2) is 92.6 Å². The standard InChI is InChI=1S/2C29H33F4N7O2.C29H36FN7O2/c1-3-25(41)40-15-14-39(16-19(40)9-11-34)27-21-10-13-38(26-22(29(31,32)33)7-4-8-23(26)30)17-24(21)35-28(36-27)42-18-20-6-5-12-37(20)2;1-3-26(41)40-14-13-39(16-20(40)8-10-34)27-22-9-12-38(25-7-6-19(30)15-23(25)29(31,32)33)17-24(22)35-28(36-27)42-18-21-5-4-11-37(21)2;1-4-27(38)37-16-15-36(17-21(37)10-12-31)28-23-11-14-35(26-9-5-8-24(30)20(26)2)18-25(23)32-29(33-28)39-19-22-7-6-13-34(22)3/h3-4,7-8,19-20H,1,5-6,9-10,12-18H2,2H3;3,6-7,15,20-21H,1,4-5,8-9,11-14,16-18H2,2H3;4-5,8-9,21-22H,1,6-7,10-11,13-19H2,2-3H3/t19?,20-;20?,21-;21?,22-/m000/s1. The van der Waals surface area contributed by atoms with Crippen molar-refractivity contribution in [2.24, 2.45) is 0 Å². The Kier molecular flexibility index (Phi) is 28.5. The van der Waals surface area contributed by atoms with Gasteiger partial charge >= 0.3 is 30.4 Å². The van der Waals surface area contributed by atoms with E-state index in [-0.39, 0.29) is 117 Å². The van der Waals surface area contributed by atoms with E-state index < -0.39 is 46.8 Å². The number of hydrogen-bond donors (Lipinski definition) is 0. The average molecular weight is 1710 g/mol. The summed E-state index contributed by atoms with van der Waals surface area (Å²) in [5.74, 6) is -0.838. The van der Waals surface area contributed by atoms with E-state index in [0.29, 0.717) is 151 Å². The second-order valence-electron chi connectivity index (χ2n) is 32.3. The molecule has 0 N–H and O–H groups in total. The predicted octanol–water partition coefficient (Wildman–Crippen LogP) is 10.7. The molecule has 0 bridgehead atoms. The zero-order chi connectivity index (χ0) is 87.6. The van der Waals surface area contributed by atoms with Gasteiger partial charge in [-0.25, -0.2) is 13.2 Å². The van der Waals surface area contributed by atoms with Crippen molar-refractivity contribution in [1.29, 1.82) is 15.8 Å². The van der Waals surface area contributed by atoms with Crippen LogP contribution in [0.4, 0.5) is 74.0 Å². The van der Waals surface area contributed by atoms with Crippen LogP contribution in [-0.2, 0) is 65.6 Å². The van der Waals surface area contributed by atoms with Gasteiger partial charge in [0.2, 0.25) is 17.7 Å². The maximum absolute atomic E-state index is 14.9. The number of alkyl halides is 6. The topological polar surface area (TPSA) is 266 Å². The summed E-state index contributed by atoms with van der Waals surface area (Å²) < 4.78 is 144. The van der Waals surface area contributed by atoms with Crippen LogP contribution in [-0.4, -0.2) is 252 Å². The van der Waals surface area contributed by atoms with Crippen LogP contribution < -0.4 is 43.6 Å². The van der Waals surface area contributed by atoms with Crippen molar-refractivity contribution in [2.45, 2.75) is 152 Å². The number of carbonyl (C=O) groups is 3. The molecule has 3 unspecified atom stereocenters. The highest BCUT2D eigenvalue weighted by molar-refractivity contribution is 5.89. The number of benzene rings is 3. The van der Waals surface area contributed by atoms with Gasteiger partial charge in [0.25, 0.3) is 0 Å². The molecule has 36 heteroatoms. The first kappa shape index (κ1) is 89.2. The third kappa shape index (κ3) is 20.5. The Balaban J connectivity index is 0.000000159. The first-order chi connectivity index (χ1) is 59.1. The van der Waals surface area contributed by atoms with Crippen LogP contribution in [0.2, 0.25) is 0 Å². The summed E-state index contributed by atoms with van der Waals surface area (Å²) in [5, 5.41) is 28.3. The number of nitriles is 3. The van der Waals surface area contributed by atoms with Crippen molar-refractivity contribution >= 4 is 52.2 Å². The summed E-state index contributed by atoms with van der Waals surface area (Å²) in [7, 11) is 6.15. The molecule has 3 aromatic carbocycles. The first-order valence-electron chi connectivity index (χ1n) is 41.6. The van der Waals surface area contributed by atoms with Crippen molar-refractivity contribution in [3.8, 4) is 36.2 Å². The number of amides is 3. The number of para-hydroxylation sites is 1. The third-order valence-corrected chi connectivity index (χ3v) is 24.8. The van der Waals surface area contributed by atoms with Crippen LogP contribution in [0, 0.1) is 58.4 Å². The van der Waals surface area contributed by atoms with E-state index in [1.807, 2.05) is 30.0 Å². The Morgan fingerprint density at radius 2 is 0.813 bits per heavy atom. The minimum atomic E-state index is -4.73. The maximum atomic E-state index is 14.9. The number of carbonyl (C=O) groups excluding carboxylic acids is 3. The van der Waals surface area contributed by atoms with Crippen molar-refractivity contribution in [3.05, 3.63) is 160 Å². The number of nitrogens with zero attached hydrogens (tertiary/aromatic N) is 21. The van der Waals surface area contributed by atoms with Gasteiger partial charge in [0.15, 0.2) is 0 Å². The minimum absolute atomic E-state index is 0.0514. The molecule has 12 heterocycles. The van der Waals surface area contributed by atoms with E-state index in [2.05, 4.69) is 79.5 Å². The van der Waals surface area contributed by atoms with E-state index >= 15 is 0 Å². The number of halogens is 9. The number of piperazine rings is 3. The summed E-state index contributed by atoms with van der Waals surface area (Å²) in [6.45, 7) is 22.1. The molecular formula is C87H102F9N21O6. The number of rotatable bonds is 21. The van der Waals surface area contributed by atoms with E-state index in [9.17, 15) is 69.7 Å². The van der Waals surface area contributed by atoms with E-state index in [1.54, 1.807) is 32.6 Å². The van der Waals surface area contributed by atoms with Crippen LogP contribution in [0.1, 0.15) is 108 Å². The van der Waals surface area contributed by atoms with Crippen LogP contribution >= 0.6 is 0 Å². The average Bonchev–Trinajstić information content (AvgIpc) is 0.853. The molecule has 15 rings (SSSR count). The number of aromatic nitrogens is 6. The molecule has 6 saturated heterocycles. The lowest BCUT2D eigenvalue weighted by Gasteiger charge is -2.42. The Hall–Kier alpha value is -11.6. The van der Waals surface area contributed by atoms with Crippen LogP contribution in [0.3, 0.4) is 0 Å². The number of likely N-dealkylation sites (N-methyl/N-ethyl adjacent to an activating group) is 3. The largest absolute Gasteiger partial charge is 0.462 e. The third-order valence-electron chi connectivity index (χ3n) is 24.8. The van der Waals surface area contributed by atoms with Gasteiger partial charge in [-0.3, -0.25) is 14.4 Å². The van der Waals surface area contributed by atoms with Gasteiger partial charge in [0, 0.05) is 130 Å². The summed E-state index contributed by atoms with van der Waals surface area (Å²) in [5.41, 5.74) is 3.21. The Bertz CT molecular complexity index is 4990. The fourth-order valence-electron chi connectivity index (χ4n) is 18.0. The second-order valence-corrected chi connectivity index (χ2v) is 32.3. The highest BCUT2D eigenvalue weighted by Gasteiger charge is 2.43.